The first kappa shape index (κ1) is 23.6. The van der Waals surface area contributed by atoms with Crippen molar-refractivity contribution >= 4 is 0 Å². The van der Waals surface area contributed by atoms with Crippen LogP contribution in [0.1, 0.15) is 23.6 Å². The molecule has 0 amide bonds. The van der Waals surface area contributed by atoms with Crippen molar-refractivity contribution in [3.05, 3.63) is 113 Å². The van der Waals surface area contributed by atoms with Crippen LogP contribution in [-0.4, -0.2) is 7.11 Å². The molecule has 0 saturated carbocycles. The van der Waals surface area contributed by atoms with Gasteiger partial charge in [0.15, 0.2) is 23.2 Å². The van der Waals surface area contributed by atoms with Gasteiger partial charge in [-0.05, 0) is 53.1 Å². The third-order valence-electron chi connectivity index (χ3n) is 6.05. The number of aryl methyl sites for hydroxylation is 3. The van der Waals surface area contributed by atoms with Gasteiger partial charge in [0.1, 0.15) is 0 Å². The van der Waals surface area contributed by atoms with E-state index in [-0.39, 0.29) is 22.4 Å². The van der Waals surface area contributed by atoms with Crippen molar-refractivity contribution in [1.82, 2.24) is 0 Å². The summed E-state index contributed by atoms with van der Waals surface area (Å²) in [6.07, 6.45) is 1.63. The Bertz CT molecular complexity index is 1300. The highest BCUT2D eigenvalue weighted by molar-refractivity contribution is 5.72. The van der Waals surface area contributed by atoms with E-state index in [0.717, 1.165) is 17.5 Å². The van der Waals surface area contributed by atoms with Gasteiger partial charge in [-0.1, -0.05) is 73.7 Å². The van der Waals surface area contributed by atoms with Crippen molar-refractivity contribution in [2.24, 2.45) is 0 Å². The summed E-state index contributed by atoms with van der Waals surface area (Å²) in [6.45, 7) is 2.03. The molecule has 5 heteroatoms. The summed E-state index contributed by atoms with van der Waals surface area (Å²) in [4.78, 5) is 0. The van der Waals surface area contributed by atoms with Gasteiger partial charge in [0.2, 0.25) is 5.82 Å². The molecule has 0 aliphatic rings. The molecule has 0 atom stereocenters. The van der Waals surface area contributed by atoms with Crippen LogP contribution in [0, 0.1) is 23.3 Å². The van der Waals surface area contributed by atoms with E-state index in [1.165, 1.54) is 19.2 Å². The third-order valence-corrected chi connectivity index (χ3v) is 6.05. The normalized spacial score (nSPS) is 11.0. The molecular formula is C29H24F4O. The molecule has 0 fully saturated rings. The molecule has 0 saturated heterocycles. The smallest absolute Gasteiger partial charge is 0.200 e. The number of benzene rings is 4. The minimum absolute atomic E-state index is 0.135. The fraction of sp³-hybridized carbons (Fsp3) is 0.172. The molecule has 0 aliphatic heterocycles. The summed E-state index contributed by atoms with van der Waals surface area (Å²) < 4.78 is 62.7. The number of hydrogen-bond acceptors (Lipinski definition) is 1. The van der Waals surface area contributed by atoms with Crippen LogP contribution in [-0.2, 0) is 19.3 Å². The molecule has 0 N–H and O–H groups in total. The van der Waals surface area contributed by atoms with Gasteiger partial charge in [-0.2, -0.15) is 4.39 Å². The Hall–Kier alpha value is -3.60. The molecule has 4 aromatic carbocycles. The molecule has 174 valence electrons. The van der Waals surface area contributed by atoms with Crippen LogP contribution in [0.2, 0.25) is 0 Å². The van der Waals surface area contributed by atoms with Crippen molar-refractivity contribution in [2.45, 2.75) is 26.2 Å². The second kappa shape index (κ2) is 10.1. The predicted octanol–water partition coefficient (Wildman–Crippen LogP) is 7.93. The molecule has 34 heavy (non-hydrogen) atoms. The van der Waals surface area contributed by atoms with Crippen LogP contribution < -0.4 is 4.74 Å². The molecule has 0 bridgehead atoms. The maximum absolute atomic E-state index is 14.9. The average molecular weight is 465 g/mol. The maximum Gasteiger partial charge on any atom is 0.200 e. The Kier molecular flexibility index (Phi) is 7.01. The highest BCUT2D eigenvalue weighted by Crippen LogP contribution is 2.32. The Balaban J connectivity index is 1.51. The fourth-order valence-electron chi connectivity index (χ4n) is 3.97. The summed E-state index contributed by atoms with van der Waals surface area (Å²) >= 11 is 0. The summed E-state index contributed by atoms with van der Waals surface area (Å²) in [5, 5.41) is 0. The number of halogens is 4. The van der Waals surface area contributed by atoms with E-state index >= 15 is 0 Å². The zero-order chi connectivity index (χ0) is 24.2. The lowest BCUT2D eigenvalue weighted by Gasteiger charge is -2.11. The average Bonchev–Trinajstić information content (AvgIpc) is 2.87. The lowest BCUT2D eigenvalue weighted by Crippen LogP contribution is -2.00. The molecule has 0 radical (unpaired) electrons. The Labute approximate surface area is 196 Å². The monoisotopic (exact) mass is 464 g/mol. The minimum atomic E-state index is -1.00. The van der Waals surface area contributed by atoms with Crippen molar-refractivity contribution in [3.8, 4) is 28.0 Å². The Morgan fingerprint density at radius 3 is 1.59 bits per heavy atom. The van der Waals surface area contributed by atoms with E-state index < -0.39 is 23.3 Å². The topological polar surface area (TPSA) is 9.23 Å². The number of hydrogen-bond donors (Lipinski definition) is 0. The second-order valence-electron chi connectivity index (χ2n) is 8.09. The fourth-order valence-corrected chi connectivity index (χ4v) is 3.97. The standard InChI is InChI=1S/C29H24F4O/c1-3-18-4-9-20(10-5-18)23-15-16-24(28(32)27(23)31)21-11-6-19(7-12-21)8-13-22-14-17-25(34-2)29(33)26(22)30/h4-7,9-12,14-17H,3,8,13H2,1-2H3. The molecule has 0 aliphatic carbocycles. The van der Waals surface area contributed by atoms with E-state index in [9.17, 15) is 17.6 Å². The highest BCUT2D eigenvalue weighted by Gasteiger charge is 2.17. The van der Waals surface area contributed by atoms with Gasteiger partial charge in [-0.25, -0.2) is 13.2 Å². The number of rotatable bonds is 7. The van der Waals surface area contributed by atoms with Crippen LogP contribution >= 0.6 is 0 Å². The molecule has 0 spiro atoms. The second-order valence-corrected chi connectivity index (χ2v) is 8.09. The van der Waals surface area contributed by atoms with Crippen LogP contribution in [0.25, 0.3) is 22.3 Å². The van der Waals surface area contributed by atoms with Gasteiger partial charge >= 0.3 is 0 Å². The van der Waals surface area contributed by atoms with E-state index in [4.69, 9.17) is 4.74 Å². The Morgan fingerprint density at radius 1 is 0.559 bits per heavy atom. The van der Waals surface area contributed by atoms with Crippen LogP contribution in [0.3, 0.4) is 0 Å². The van der Waals surface area contributed by atoms with Gasteiger partial charge in [-0.3, -0.25) is 0 Å². The quantitative estimate of drug-likeness (QED) is 0.252. The third kappa shape index (κ3) is 4.69. The molecule has 0 heterocycles. The summed E-state index contributed by atoms with van der Waals surface area (Å²) in [6, 6.07) is 20.4. The first-order valence-corrected chi connectivity index (χ1v) is 11.1. The van der Waals surface area contributed by atoms with Gasteiger partial charge in [-0.15, -0.1) is 0 Å². The van der Waals surface area contributed by atoms with Crippen LogP contribution in [0.5, 0.6) is 5.75 Å². The lowest BCUT2D eigenvalue weighted by atomic mass is 9.96. The largest absolute Gasteiger partial charge is 0.494 e. The molecule has 1 nitrogen and oxygen atoms in total. The summed E-state index contributed by atoms with van der Waals surface area (Å²) in [7, 11) is 1.28. The van der Waals surface area contributed by atoms with Crippen molar-refractivity contribution in [2.75, 3.05) is 7.11 Å². The van der Waals surface area contributed by atoms with Gasteiger partial charge in [0.05, 0.1) is 7.11 Å². The molecule has 4 aromatic rings. The Morgan fingerprint density at radius 2 is 1.09 bits per heavy atom. The van der Waals surface area contributed by atoms with Gasteiger partial charge < -0.3 is 4.74 Å². The maximum atomic E-state index is 14.9. The van der Waals surface area contributed by atoms with E-state index in [1.54, 1.807) is 48.5 Å². The zero-order valence-corrected chi connectivity index (χ0v) is 19.0. The molecule has 0 unspecified atom stereocenters. The van der Waals surface area contributed by atoms with Crippen LogP contribution in [0.4, 0.5) is 17.6 Å². The SMILES string of the molecule is CCc1ccc(-c2ccc(-c3ccc(CCc4ccc(OC)c(F)c4F)cc3)c(F)c2F)cc1. The van der Waals surface area contributed by atoms with Gasteiger partial charge in [0, 0.05) is 11.1 Å². The predicted molar refractivity (Wildman–Crippen MR) is 127 cm³/mol. The zero-order valence-electron chi connectivity index (χ0n) is 19.0. The number of ether oxygens (including phenoxy) is 1. The summed E-state index contributed by atoms with van der Waals surface area (Å²) in [5.74, 6) is -3.84. The molecule has 4 rings (SSSR count). The first-order chi connectivity index (χ1) is 16.4. The van der Waals surface area contributed by atoms with Crippen molar-refractivity contribution in [3.63, 3.8) is 0 Å². The molecular weight excluding hydrogens is 440 g/mol. The number of methoxy groups -OCH3 is 1. The lowest BCUT2D eigenvalue weighted by molar-refractivity contribution is 0.370. The first-order valence-electron chi connectivity index (χ1n) is 11.1. The van der Waals surface area contributed by atoms with Crippen molar-refractivity contribution in [1.29, 1.82) is 0 Å². The van der Waals surface area contributed by atoms with Crippen LogP contribution in [0.15, 0.2) is 72.8 Å². The van der Waals surface area contributed by atoms with E-state index in [2.05, 4.69) is 0 Å². The minimum Gasteiger partial charge on any atom is -0.494 e. The highest BCUT2D eigenvalue weighted by atomic mass is 19.2. The summed E-state index contributed by atoms with van der Waals surface area (Å²) in [5.41, 5.74) is 3.79. The molecule has 0 aromatic heterocycles. The van der Waals surface area contributed by atoms with Crippen molar-refractivity contribution < 1.29 is 22.3 Å². The van der Waals surface area contributed by atoms with E-state index in [0.29, 0.717) is 24.0 Å². The van der Waals surface area contributed by atoms with Gasteiger partial charge in [0.25, 0.3) is 0 Å². The van der Waals surface area contributed by atoms with E-state index in [1.807, 2.05) is 19.1 Å².